The zero-order chi connectivity index (χ0) is 24.1. The summed E-state index contributed by atoms with van der Waals surface area (Å²) in [5.41, 5.74) is 0.397. The number of hydrogen-bond donors (Lipinski definition) is 1. The van der Waals surface area contributed by atoms with Crippen molar-refractivity contribution < 1.29 is 14.0 Å². The van der Waals surface area contributed by atoms with Gasteiger partial charge in [0.05, 0.1) is 15.6 Å². The number of rotatable bonds is 7. The fourth-order valence-electron chi connectivity index (χ4n) is 4.83. The standard InChI is InChI=1S/C25H32ClFN4O2S/c1-17-6-2-3-12-30(17)13-5-11-28-23(32)21-16-34-24(29-21)18-9-14-31(15-10-18)25(33)22-19(26)7-4-8-20(22)27/h4,7-8,16-18H,2-3,5-6,9-15H2,1H3,(H,28,32). The predicted molar refractivity (Wildman–Crippen MR) is 133 cm³/mol. The van der Waals surface area contributed by atoms with E-state index in [-0.39, 0.29) is 28.3 Å². The van der Waals surface area contributed by atoms with Gasteiger partial charge in [0.15, 0.2) is 0 Å². The lowest BCUT2D eigenvalue weighted by Gasteiger charge is -2.33. The summed E-state index contributed by atoms with van der Waals surface area (Å²) >= 11 is 7.55. The number of likely N-dealkylation sites (tertiary alicyclic amines) is 2. The van der Waals surface area contributed by atoms with Gasteiger partial charge in [-0.25, -0.2) is 9.37 Å². The largest absolute Gasteiger partial charge is 0.351 e. The van der Waals surface area contributed by atoms with E-state index >= 15 is 0 Å². The van der Waals surface area contributed by atoms with Crippen molar-refractivity contribution in [1.29, 1.82) is 0 Å². The number of halogens is 2. The average Bonchev–Trinajstić information content (AvgIpc) is 3.33. The topological polar surface area (TPSA) is 65.5 Å². The number of benzene rings is 1. The smallest absolute Gasteiger partial charge is 0.270 e. The highest BCUT2D eigenvalue weighted by molar-refractivity contribution is 7.09. The Hall–Kier alpha value is -2.03. The van der Waals surface area contributed by atoms with Gasteiger partial charge in [-0.15, -0.1) is 11.3 Å². The Morgan fingerprint density at radius 1 is 1.21 bits per heavy atom. The SMILES string of the molecule is CC1CCCCN1CCCNC(=O)c1csc(C2CCN(C(=O)c3c(F)cccc3Cl)CC2)n1. The van der Waals surface area contributed by atoms with Crippen molar-refractivity contribution in [2.75, 3.05) is 32.7 Å². The molecule has 2 aliphatic heterocycles. The second-order valence-electron chi connectivity index (χ2n) is 9.22. The molecule has 34 heavy (non-hydrogen) atoms. The number of piperidine rings is 2. The van der Waals surface area contributed by atoms with Crippen LogP contribution in [-0.4, -0.2) is 65.4 Å². The molecule has 6 nitrogen and oxygen atoms in total. The highest BCUT2D eigenvalue weighted by Crippen LogP contribution is 2.32. The highest BCUT2D eigenvalue weighted by Gasteiger charge is 2.29. The first-order valence-corrected chi connectivity index (χ1v) is 13.4. The van der Waals surface area contributed by atoms with Gasteiger partial charge in [0.2, 0.25) is 0 Å². The van der Waals surface area contributed by atoms with Crippen LogP contribution in [0.4, 0.5) is 4.39 Å². The second-order valence-corrected chi connectivity index (χ2v) is 10.5. The maximum Gasteiger partial charge on any atom is 0.270 e. The molecule has 1 unspecified atom stereocenters. The van der Waals surface area contributed by atoms with Crippen molar-refractivity contribution in [3.05, 3.63) is 50.7 Å². The number of carbonyl (C=O) groups is 2. The quantitative estimate of drug-likeness (QED) is 0.540. The van der Waals surface area contributed by atoms with Gasteiger partial charge in [0, 0.05) is 43.5 Å². The number of hydrogen-bond acceptors (Lipinski definition) is 5. The van der Waals surface area contributed by atoms with E-state index in [9.17, 15) is 14.0 Å². The van der Waals surface area contributed by atoms with E-state index < -0.39 is 5.82 Å². The lowest BCUT2D eigenvalue weighted by molar-refractivity contribution is 0.0708. The molecule has 3 heterocycles. The Labute approximate surface area is 209 Å². The molecule has 2 aromatic rings. The van der Waals surface area contributed by atoms with E-state index in [1.165, 1.54) is 48.8 Å². The first kappa shape index (κ1) is 25.1. The monoisotopic (exact) mass is 506 g/mol. The van der Waals surface area contributed by atoms with Crippen LogP contribution in [0.5, 0.6) is 0 Å². The van der Waals surface area contributed by atoms with Crippen LogP contribution in [0.3, 0.4) is 0 Å². The number of nitrogens with one attached hydrogen (secondary N) is 1. The third kappa shape index (κ3) is 5.96. The van der Waals surface area contributed by atoms with Crippen molar-refractivity contribution in [2.24, 2.45) is 0 Å². The average molecular weight is 507 g/mol. The van der Waals surface area contributed by atoms with Crippen molar-refractivity contribution in [1.82, 2.24) is 20.1 Å². The van der Waals surface area contributed by atoms with Crippen LogP contribution < -0.4 is 5.32 Å². The Morgan fingerprint density at radius 2 is 2.00 bits per heavy atom. The molecule has 2 aliphatic rings. The third-order valence-electron chi connectivity index (χ3n) is 6.91. The summed E-state index contributed by atoms with van der Waals surface area (Å²) in [5.74, 6) is -0.913. The first-order valence-electron chi connectivity index (χ1n) is 12.1. The van der Waals surface area contributed by atoms with E-state index in [0.717, 1.165) is 37.4 Å². The maximum absolute atomic E-state index is 14.1. The van der Waals surface area contributed by atoms with E-state index in [2.05, 4.69) is 22.1 Å². The minimum Gasteiger partial charge on any atom is -0.351 e. The number of thiazole rings is 1. The molecule has 1 atom stereocenters. The Kier molecular flexibility index (Phi) is 8.55. The highest BCUT2D eigenvalue weighted by atomic mass is 35.5. The van der Waals surface area contributed by atoms with Gasteiger partial charge in [0.1, 0.15) is 11.5 Å². The van der Waals surface area contributed by atoms with Crippen molar-refractivity contribution >= 4 is 34.8 Å². The van der Waals surface area contributed by atoms with Gasteiger partial charge in [-0.2, -0.15) is 0 Å². The predicted octanol–water partition coefficient (Wildman–Crippen LogP) is 4.95. The summed E-state index contributed by atoms with van der Waals surface area (Å²) in [7, 11) is 0. The van der Waals surface area contributed by atoms with Crippen LogP contribution in [0.2, 0.25) is 5.02 Å². The summed E-state index contributed by atoms with van der Waals surface area (Å²) in [6, 6.07) is 4.91. The van der Waals surface area contributed by atoms with E-state index in [1.807, 2.05) is 5.38 Å². The molecule has 0 bridgehead atoms. The first-order chi connectivity index (χ1) is 16.4. The lowest BCUT2D eigenvalue weighted by Crippen LogP contribution is -2.39. The molecule has 0 spiro atoms. The van der Waals surface area contributed by atoms with Gasteiger partial charge >= 0.3 is 0 Å². The number of nitrogens with zero attached hydrogens (tertiary/aromatic N) is 3. The van der Waals surface area contributed by atoms with Gasteiger partial charge in [-0.3, -0.25) is 9.59 Å². The minimum absolute atomic E-state index is 0.0643. The Bertz CT molecular complexity index is 988. The molecule has 9 heteroatoms. The Morgan fingerprint density at radius 3 is 2.74 bits per heavy atom. The van der Waals surface area contributed by atoms with Crippen LogP contribution in [-0.2, 0) is 0 Å². The van der Waals surface area contributed by atoms with E-state index in [0.29, 0.717) is 31.4 Å². The number of amides is 2. The summed E-state index contributed by atoms with van der Waals surface area (Å²) in [5, 5.41) is 5.86. The van der Waals surface area contributed by atoms with Gasteiger partial charge in [0.25, 0.3) is 11.8 Å². The van der Waals surface area contributed by atoms with E-state index in [4.69, 9.17) is 11.6 Å². The van der Waals surface area contributed by atoms with Gasteiger partial charge < -0.3 is 15.1 Å². The lowest BCUT2D eigenvalue weighted by atomic mass is 9.97. The summed E-state index contributed by atoms with van der Waals surface area (Å²) in [4.78, 5) is 34.0. The molecule has 1 aromatic carbocycles. The fraction of sp³-hybridized carbons (Fsp3) is 0.560. The molecule has 0 saturated carbocycles. The third-order valence-corrected chi connectivity index (χ3v) is 8.23. The van der Waals surface area contributed by atoms with Crippen molar-refractivity contribution in [3.63, 3.8) is 0 Å². The summed E-state index contributed by atoms with van der Waals surface area (Å²) < 4.78 is 14.1. The number of carbonyl (C=O) groups excluding carboxylic acids is 2. The van der Waals surface area contributed by atoms with Crippen LogP contribution in [0, 0.1) is 5.82 Å². The van der Waals surface area contributed by atoms with E-state index in [1.54, 1.807) is 4.90 Å². The molecule has 184 valence electrons. The maximum atomic E-state index is 14.1. The molecule has 4 rings (SSSR count). The van der Waals surface area contributed by atoms with Crippen LogP contribution in [0.15, 0.2) is 23.6 Å². The second kappa shape index (κ2) is 11.6. The number of aromatic nitrogens is 1. The Balaban J connectivity index is 1.23. The molecule has 2 fully saturated rings. The van der Waals surface area contributed by atoms with Crippen molar-refractivity contribution in [2.45, 2.75) is 57.4 Å². The molecule has 0 radical (unpaired) electrons. The van der Waals surface area contributed by atoms with Gasteiger partial charge in [-0.1, -0.05) is 24.1 Å². The zero-order valence-electron chi connectivity index (χ0n) is 19.6. The minimum atomic E-state index is -0.597. The van der Waals surface area contributed by atoms with Crippen LogP contribution in [0.1, 0.15) is 77.2 Å². The molecule has 2 amide bonds. The molecule has 0 aliphatic carbocycles. The van der Waals surface area contributed by atoms with Crippen molar-refractivity contribution in [3.8, 4) is 0 Å². The van der Waals surface area contributed by atoms with Crippen LogP contribution >= 0.6 is 22.9 Å². The van der Waals surface area contributed by atoms with Crippen LogP contribution in [0.25, 0.3) is 0 Å². The molecular formula is C25H32ClFN4O2S. The normalized spacial score (nSPS) is 19.9. The molecule has 1 aromatic heterocycles. The summed E-state index contributed by atoms with van der Waals surface area (Å²) in [6.07, 6.45) is 6.22. The molecular weight excluding hydrogens is 475 g/mol. The molecule has 1 N–H and O–H groups in total. The summed E-state index contributed by atoms with van der Waals surface area (Å²) in [6.45, 7) is 6.11. The zero-order valence-corrected chi connectivity index (χ0v) is 21.1. The molecule has 2 saturated heterocycles. The van der Waals surface area contributed by atoms with Gasteiger partial charge in [-0.05, 0) is 57.7 Å². The fourth-order valence-corrected chi connectivity index (χ4v) is 6.05.